The Balaban J connectivity index is 0.00000227. The monoisotopic (exact) mass is 440 g/mol. The van der Waals surface area contributed by atoms with Crippen molar-refractivity contribution in [1.29, 1.82) is 0 Å². The molecule has 0 heterocycles. The second kappa shape index (κ2) is 14.7. The number of ketones is 1. The Morgan fingerprint density at radius 1 is 1.09 bits per heavy atom. The number of rotatable bonds is 8. The normalized spacial score (nSPS) is 12.6. The number of Topliss-reactive ketones (excluding diaryl/α,β-unsaturated/α-hetero) is 1. The number of carbonyl (C=O) groups excluding carboxylic acids is 1. The minimum atomic E-state index is -1.31. The SMILES string of the molecule is C=C(F)Oc1ccc([C@@](N=C(C)N)(C(C)=O)c2cccc(/C=C/CC)c2)cc1.CC.CC. The Morgan fingerprint density at radius 3 is 2.16 bits per heavy atom. The third-order valence-corrected chi connectivity index (χ3v) is 4.20. The highest BCUT2D eigenvalue weighted by Gasteiger charge is 2.39. The Morgan fingerprint density at radius 2 is 1.69 bits per heavy atom. The minimum Gasteiger partial charge on any atom is -0.432 e. The predicted octanol–water partition coefficient (Wildman–Crippen LogP) is 7.19. The number of aliphatic imine (C=N–C) groups is 1. The van der Waals surface area contributed by atoms with Crippen LogP contribution < -0.4 is 10.5 Å². The second-order valence-electron chi connectivity index (χ2n) is 6.44. The van der Waals surface area contributed by atoms with E-state index in [2.05, 4.69) is 18.5 Å². The van der Waals surface area contributed by atoms with E-state index in [9.17, 15) is 9.18 Å². The number of nitrogens with two attached hydrogens (primary N) is 1. The maximum Gasteiger partial charge on any atom is 0.270 e. The van der Waals surface area contributed by atoms with Crippen molar-refractivity contribution in [3.8, 4) is 5.75 Å². The first-order chi connectivity index (χ1) is 15.3. The van der Waals surface area contributed by atoms with Crippen molar-refractivity contribution >= 4 is 17.7 Å². The molecule has 174 valence electrons. The zero-order chi connectivity index (χ0) is 24.7. The molecule has 0 aliphatic rings. The molecule has 0 aliphatic carbocycles. The van der Waals surface area contributed by atoms with Crippen LogP contribution in [0.1, 0.15) is 71.6 Å². The number of hydrogen-bond donors (Lipinski definition) is 1. The first kappa shape index (κ1) is 28.8. The lowest BCUT2D eigenvalue weighted by Gasteiger charge is -2.29. The van der Waals surface area contributed by atoms with Crippen LogP contribution in [0.25, 0.3) is 6.08 Å². The van der Waals surface area contributed by atoms with Gasteiger partial charge in [0, 0.05) is 0 Å². The van der Waals surface area contributed by atoms with Gasteiger partial charge in [-0.1, -0.05) is 77.1 Å². The van der Waals surface area contributed by atoms with Gasteiger partial charge in [0.05, 0.1) is 5.84 Å². The van der Waals surface area contributed by atoms with Crippen LogP contribution in [0.15, 0.2) is 72.2 Å². The third-order valence-electron chi connectivity index (χ3n) is 4.20. The lowest BCUT2D eigenvalue weighted by molar-refractivity contribution is -0.120. The molecule has 0 unspecified atom stereocenters. The van der Waals surface area contributed by atoms with Gasteiger partial charge in [-0.3, -0.25) is 4.79 Å². The lowest BCUT2D eigenvalue weighted by atomic mass is 9.79. The third kappa shape index (κ3) is 7.80. The zero-order valence-corrected chi connectivity index (χ0v) is 20.4. The van der Waals surface area contributed by atoms with Crippen molar-refractivity contribution in [1.82, 2.24) is 0 Å². The van der Waals surface area contributed by atoms with E-state index >= 15 is 0 Å². The van der Waals surface area contributed by atoms with Crippen molar-refractivity contribution in [2.24, 2.45) is 10.7 Å². The van der Waals surface area contributed by atoms with Crippen molar-refractivity contribution in [3.05, 3.63) is 83.9 Å². The maximum atomic E-state index is 12.9. The fourth-order valence-corrected chi connectivity index (χ4v) is 3.06. The van der Waals surface area contributed by atoms with E-state index in [1.54, 1.807) is 31.2 Å². The first-order valence-electron chi connectivity index (χ1n) is 11.0. The lowest BCUT2D eigenvalue weighted by Crippen LogP contribution is -2.35. The van der Waals surface area contributed by atoms with Crippen LogP contribution in [-0.4, -0.2) is 11.6 Å². The Kier molecular flexibility index (Phi) is 13.3. The second-order valence-corrected chi connectivity index (χ2v) is 6.44. The van der Waals surface area contributed by atoms with Crippen LogP contribution in [-0.2, 0) is 10.3 Å². The molecule has 0 saturated heterocycles. The topological polar surface area (TPSA) is 64.7 Å². The number of carbonyl (C=O) groups is 1. The summed E-state index contributed by atoms with van der Waals surface area (Å²) in [6.45, 7) is 16.3. The van der Waals surface area contributed by atoms with Crippen LogP contribution in [0.5, 0.6) is 5.75 Å². The van der Waals surface area contributed by atoms with Crippen LogP contribution in [0.2, 0.25) is 0 Å². The predicted molar refractivity (Wildman–Crippen MR) is 135 cm³/mol. The van der Waals surface area contributed by atoms with Crippen molar-refractivity contribution in [2.45, 2.75) is 60.4 Å². The van der Waals surface area contributed by atoms with Gasteiger partial charge in [0.25, 0.3) is 6.01 Å². The fourth-order valence-electron chi connectivity index (χ4n) is 3.06. The largest absolute Gasteiger partial charge is 0.432 e. The number of allylic oxidation sites excluding steroid dienone is 1. The highest BCUT2D eigenvalue weighted by atomic mass is 19.1. The minimum absolute atomic E-state index is 0.183. The zero-order valence-electron chi connectivity index (χ0n) is 20.4. The smallest absolute Gasteiger partial charge is 0.270 e. The molecule has 0 aliphatic heterocycles. The highest BCUT2D eigenvalue weighted by molar-refractivity contribution is 5.95. The fraction of sp³-hybridized carbons (Fsp3) is 0.333. The van der Waals surface area contributed by atoms with Gasteiger partial charge >= 0.3 is 0 Å². The Labute approximate surface area is 192 Å². The molecule has 2 aromatic rings. The molecule has 0 radical (unpaired) electrons. The summed E-state index contributed by atoms with van der Waals surface area (Å²) in [7, 11) is 0. The van der Waals surface area contributed by atoms with E-state index in [0.29, 0.717) is 11.1 Å². The molecular formula is C27H37FN2O2. The molecule has 2 rings (SSSR count). The summed E-state index contributed by atoms with van der Waals surface area (Å²) in [5.74, 6) is 0.376. The van der Waals surface area contributed by atoms with E-state index in [1.165, 1.54) is 6.92 Å². The van der Waals surface area contributed by atoms with E-state index in [0.717, 1.165) is 12.0 Å². The number of amidine groups is 1. The summed E-state index contributed by atoms with van der Waals surface area (Å²) < 4.78 is 17.8. The van der Waals surface area contributed by atoms with Crippen molar-refractivity contribution in [3.63, 3.8) is 0 Å². The standard InChI is InChI=1S/C23H25FN2O2.2C2H6/c1-5-6-8-19-9-7-10-21(15-19)23(16(2)27,26-18(4)25)20-11-13-22(14-12-20)28-17(3)24;2*1-2/h6-15H,3,5H2,1-2,4H3,(H2,25,26);2*1-2H3/b8-6+;;/t23-;;/m0../s1. The van der Waals surface area contributed by atoms with Crippen molar-refractivity contribution in [2.75, 3.05) is 0 Å². The summed E-state index contributed by atoms with van der Waals surface area (Å²) in [4.78, 5) is 17.5. The van der Waals surface area contributed by atoms with E-state index in [1.807, 2.05) is 64.1 Å². The molecule has 2 N–H and O–H groups in total. The number of ether oxygens (including phenoxy) is 1. The van der Waals surface area contributed by atoms with Gasteiger partial charge in [-0.15, -0.1) is 0 Å². The number of hydrogen-bond acceptors (Lipinski definition) is 3. The molecule has 32 heavy (non-hydrogen) atoms. The van der Waals surface area contributed by atoms with Crippen LogP contribution in [0.3, 0.4) is 0 Å². The van der Waals surface area contributed by atoms with Gasteiger partial charge in [-0.2, -0.15) is 4.39 Å². The van der Waals surface area contributed by atoms with Crippen LogP contribution in [0, 0.1) is 0 Å². The molecule has 5 heteroatoms. The van der Waals surface area contributed by atoms with Gasteiger partial charge < -0.3 is 10.5 Å². The maximum absolute atomic E-state index is 12.9. The molecular weight excluding hydrogens is 403 g/mol. The van der Waals surface area contributed by atoms with Gasteiger partial charge in [0.2, 0.25) is 0 Å². The van der Waals surface area contributed by atoms with E-state index in [4.69, 9.17) is 10.5 Å². The summed E-state index contributed by atoms with van der Waals surface area (Å²) in [6.07, 6.45) is 4.95. The van der Waals surface area contributed by atoms with E-state index in [-0.39, 0.29) is 17.4 Å². The van der Waals surface area contributed by atoms with Gasteiger partial charge in [0.1, 0.15) is 5.75 Å². The van der Waals surface area contributed by atoms with Gasteiger partial charge in [-0.25, -0.2) is 4.99 Å². The molecule has 0 spiro atoms. The van der Waals surface area contributed by atoms with Gasteiger partial charge in [-0.05, 0) is 61.7 Å². The van der Waals surface area contributed by atoms with Crippen LogP contribution in [0.4, 0.5) is 4.39 Å². The van der Waals surface area contributed by atoms with E-state index < -0.39 is 11.6 Å². The molecule has 4 nitrogen and oxygen atoms in total. The number of benzene rings is 2. The number of nitrogens with zero attached hydrogens (tertiary/aromatic N) is 1. The molecule has 0 amide bonds. The Bertz CT molecular complexity index is 914. The average Bonchev–Trinajstić information content (AvgIpc) is 2.79. The molecule has 0 saturated carbocycles. The van der Waals surface area contributed by atoms with Crippen molar-refractivity contribution < 1.29 is 13.9 Å². The average molecular weight is 441 g/mol. The van der Waals surface area contributed by atoms with Crippen LogP contribution >= 0.6 is 0 Å². The summed E-state index contributed by atoms with van der Waals surface area (Å²) in [6, 6.07) is 13.2. The molecule has 0 aromatic heterocycles. The summed E-state index contributed by atoms with van der Waals surface area (Å²) in [5, 5.41) is 0. The Hall–Kier alpha value is -3.21. The highest BCUT2D eigenvalue weighted by Crippen LogP contribution is 2.37. The van der Waals surface area contributed by atoms with Gasteiger partial charge in [0.15, 0.2) is 11.3 Å². The molecule has 0 bridgehead atoms. The quantitative estimate of drug-likeness (QED) is 0.268. The number of halogens is 1. The summed E-state index contributed by atoms with van der Waals surface area (Å²) in [5.41, 5.74) is 6.87. The first-order valence-corrected chi connectivity index (χ1v) is 11.0. The molecule has 0 fully saturated rings. The molecule has 2 aromatic carbocycles. The molecule has 1 atom stereocenters. The summed E-state index contributed by atoms with van der Waals surface area (Å²) >= 11 is 0.